The summed E-state index contributed by atoms with van der Waals surface area (Å²) >= 11 is 1.76. The molecule has 0 saturated carbocycles. The number of benzene rings is 4. The minimum absolute atomic E-state index is 0.0158. The van der Waals surface area contributed by atoms with Gasteiger partial charge in [0.1, 0.15) is 16.6 Å². The molecule has 6 rings (SSSR count). The monoisotopic (exact) mass is 596 g/mol. The molecular weight excluding hydrogens is 557 g/mol. The van der Waals surface area contributed by atoms with Crippen LogP contribution in [-0.2, 0) is 5.41 Å². The van der Waals surface area contributed by atoms with Gasteiger partial charge in [0.05, 0.1) is 5.69 Å². The lowest BCUT2D eigenvalue weighted by Gasteiger charge is -2.29. The van der Waals surface area contributed by atoms with E-state index in [1.165, 1.54) is 33.4 Å². The fourth-order valence-corrected chi connectivity index (χ4v) is 6.79. The van der Waals surface area contributed by atoms with E-state index in [0.717, 1.165) is 22.0 Å². The van der Waals surface area contributed by atoms with Crippen LogP contribution in [-0.4, -0.2) is 4.98 Å². The molecule has 3 unspecified atom stereocenters. The maximum absolute atomic E-state index is 4.48. The molecule has 4 aromatic carbocycles. The summed E-state index contributed by atoms with van der Waals surface area (Å²) in [5.74, 6) is 0. The zero-order valence-electron chi connectivity index (χ0n) is 25.8. The molecule has 2 heterocycles. The van der Waals surface area contributed by atoms with E-state index < -0.39 is 0 Å². The van der Waals surface area contributed by atoms with Crippen molar-refractivity contribution in [3.8, 4) is 11.1 Å². The second-order valence-electron chi connectivity index (χ2n) is 12.4. The maximum Gasteiger partial charge on any atom is 0.121 e. The third-order valence-corrected chi connectivity index (χ3v) is 9.35. The Morgan fingerprint density at radius 1 is 0.795 bits per heavy atom. The summed E-state index contributed by atoms with van der Waals surface area (Å²) in [6.07, 6.45) is 1.74. The number of hydrogen-bond donors (Lipinski definition) is 3. The first-order valence-electron chi connectivity index (χ1n) is 15.2. The minimum atomic E-state index is -0.109. The van der Waals surface area contributed by atoms with Crippen LogP contribution in [0.3, 0.4) is 0 Å². The lowest BCUT2D eigenvalue weighted by Crippen LogP contribution is -2.35. The first-order valence-corrected chi connectivity index (χ1v) is 16.1. The summed E-state index contributed by atoms with van der Waals surface area (Å²) in [6.45, 7) is 13.4. The third-order valence-electron chi connectivity index (χ3n) is 8.17. The van der Waals surface area contributed by atoms with E-state index in [9.17, 15) is 0 Å². The molecule has 3 N–H and O–H groups in total. The van der Waals surface area contributed by atoms with Gasteiger partial charge in [-0.3, -0.25) is 5.32 Å². The van der Waals surface area contributed by atoms with Crippen LogP contribution in [0.25, 0.3) is 16.8 Å². The first kappa shape index (κ1) is 29.7. The number of nitrogens with one attached hydrogen (secondary N) is 3. The van der Waals surface area contributed by atoms with E-state index in [1.807, 2.05) is 12.3 Å². The van der Waals surface area contributed by atoms with Crippen molar-refractivity contribution in [2.24, 2.45) is 0 Å². The molecule has 0 amide bonds. The SMILES string of the molecule is C=C(NC(NC(C)c1ccc(-c2ccc(C3Nc4cccnc4S3)cc2)cc1)c1ccccc1)c1ccccc1C(C)(C)C. The number of rotatable bonds is 9. The van der Waals surface area contributed by atoms with Gasteiger partial charge in [-0.2, -0.15) is 0 Å². The van der Waals surface area contributed by atoms with Gasteiger partial charge in [-0.1, -0.05) is 142 Å². The smallest absolute Gasteiger partial charge is 0.121 e. The molecule has 0 saturated heterocycles. The second-order valence-corrected chi connectivity index (χ2v) is 13.5. The van der Waals surface area contributed by atoms with Crippen molar-refractivity contribution < 1.29 is 0 Å². The number of anilines is 1. The van der Waals surface area contributed by atoms with E-state index in [1.54, 1.807) is 11.8 Å². The Bertz CT molecular complexity index is 1700. The average Bonchev–Trinajstić information content (AvgIpc) is 3.49. The number of nitrogens with zero attached hydrogens (tertiary/aromatic N) is 1. The molecule has 44 heavy (non-hydrogen) atoms. The van der Waals surface area contributed by atoms with E-state index in [2.05, 4.69) is 164 Å². The van der Waals surface area contributed by atoms with Crippen LogP contribution >= 0.6 is 11.8 Å². The molecule has 3 atom stereocenters. The topological polar surface area (TPSA) is 49.0 Å². The molecule has 0 aliphatic carbocycles. The van der Waals surface area contributed by atoms with Gasteiger partial charge >= 0.3 is 0 Å². The van der Waals surface area contributed by atoms with Gasteiger partial charge in [-0.05, 0) is 57.9 Å². The van der Waals surface area contributed by atoms with Crippen molar-refractivity contribution in [2.45, 2.75) is 55.7 Å². The van der Waals surface area contributed by atoms with Crippen molar-refractivity contribution in [2.75, 3.05) is 5.32 Å². The molecule has 0 fully saturated rings. The van der Waals surface area contributed by atoms with Gasteiger partial charge in [-0.25, -0.2) is 4.98 Å². The van der Waals surface area contributed by atoms with E-state index in [4.69, 9.17) is 0 Å². The van der Waals surface area contributed by atoms with Crippen LogP contribution in [0.5, 0.6) is 0 Å². The molecular formula is C39H40N4S. The molecule has 1 aromatic heterocycles. The standard InChI is InChI=1S/C39H40N4S/c1-26(41-36(31-12-7-6-8-13-31)42-27(2)33-14-9-10-15-34(33)39(3,4)5)28-17-19-29(20-18-28)30-21-23-32(24-22-30)37-43-35-16-11-25-40-38(35)44-37/h6-26,36-37,41-43H,2H2,1,3-5H3. The van der Waals surface area contributed by atoms with Gasteiger partial charge in [0, 0.05) is 23.5 Å². The molecule has 1 aliphatic heterocycles. The summed E-state index contributed by atoms with van der Waals surface area (Å²) < 4.78 is 0. The third kappa shape index (κ3) is 6.59. The quantitative estimate of drug-likeness (QED) is 0.148. The van der Waals surface area contributed by atoms with Crippen LogP contribution in [0, 0.1) is 0 Å². The van der Waals surface area contributed by atoms with Gasteiger partial charge < -0.3 is 10.6 Å². The van der Waals surface area contributed by atoms with Crippen LogP contribution in [0.1, 0.15) is 73.1 Å². The van der Waals surface area contributed by atoms with Crippen LogP contribution in [0.15, 0.2) is 133 Å². The second kappa shape index (κ2) is 12.7. The van der Waals surface area contributed by atoms with Gasteiger partial charge in [-0.15, -0.1) is 0 Å². The fraction of sp³-hybridized carbons (Fsp3) is 0.205. The summed E-state index contributed by atoms with van der Waals surface area (Å²) in [5, 5.41) is 12.4. The number of thioether (sulfide) groups is 1. The van der Waals surface area contributed by atoms with E-state index >= 15 is 0 Å². The molecule has 5 aromatic rings. The first-order chi connectivity index (χ1) is 21.3. The summed E-state index contributed by atoms with van der Waals surface area (Å²) in [6, 6.07) is 41.0. The molecule has 4 nitrogen and oxygen atoms in total. The fourth-order valence-electron chi connectivity index (χ4n) is 5.71. The van der Waals surface area contributed by atoms with Crippen molar-refractivity contribution in [1.82, 2.24) is 15.6 Å². The highest BCUT2D eigenvalue weighted by atomic mass is 32.2. The number of aromatic nitrogens is 1. The summed E-state index contributed by atoms with van der Waals surface area (Å²) in [5.41, 5.74) is 10.5. The van der Waals surface area contributed by atoms with E-state index in [0.29, 0.717) is 0 Å². The Morgan fingerprint density at radius 3 is 2.14 bits per heavy atom. The number of fused-ring (bicyclic) bond motifs is 1. The Kier molecular flexibility index (Phi) is 8.60. The van der Waals surface area contributed by atoms with Crippen molar-refractivity contribution in [3.05, 3.63) is 156 Å². The Hall–Kier alpha value is -4.32. The molecule has 0 bridgehead atoms. The van der Waals surface area contributed by atoms with Crippen molar-refractivity contribution in [1.29, 1.82) is 0 Å². The van der Waals surface area contributed by atoms with Crippen LogP contribution < -0.4 is 16.0 Å². The molecule has 5 heteroatoms. The normalized spacial score (nSPS) is 15.6. The molecule has 222 valence electrons. The van der Waals surface area contributed by atoms with Gasteiger partial charge in [0.25, 0.3) is 0 Å². The zero-order chi connectivity index (χ0) is 30.7. The largest absolute Gasteiger partial charge is 0.367 e. The zero-order valence-corrected chi connectivity index (χ0v) is 26.7. The van der Waals surface area contributed by atoms with Crippen LogP contribution in [0.4, 0.5) is 5.69 Å². The minimum Gasteiger partial charge on any atom is -0.367 e. The lowest BCUT2D eigenvalue weighted by atomic mass is 9.83. The Balaban J connectivity index is 1.15. The van der Waals surface area contributed by atoms with Crippen molar-refractivity contribution in [3.63, 3.8) is 0 Å². The maximum atomic E-state index is 4.48. The summed E-state index contributed by atoms with van der Waals surface area (Å²) in [4.78, 5) is 4.48. The summed E-state index contributed by atoms with van der Waals surface area (Å²) in [7, 11) is 0. The van der Waals surface area contributed by atoms with Gasteiger partial charge in [0.2, 0.25) is 0 Å². The number of hydrogen-bond acceptors (Lipinski definition) is 5. The van der Waals surface area contributed by atoms with Crippen LogP contribution in [0.2, 0.25) is 0 Å². The highest BCUT2D eigenvalue weighted by molar-refractivity contribution is 8.00. The van der Waals surface area contributed by atoms with Gasteiger partial charge in [0.15, 0.2) is 0 Å². The van der Waals surface area contributed by atoms with Crippen molar-refractivity contribution >= 4 is 23.1 Å². The predicted octanol–water partition coefficient (Wildman–Crippen LogP) is 9.87. The lowest BCUT2D eigenvalue weighted by molar-refractivity contribution is 0.439. The Morgan fingerprint density at radius 2 is 1.45 bits per heavy atom. The molecule has 0 radical (unpaired) electrons. The Labute approximate surface area is 266 Å². The highest BCUT2D eigenvalue weighted by Gasteiger charge is 2.24. The highest BCUT2D eigenvalue weighted by Crippen LogP contribution is 2.45. The number of pyridine rings is 1. The predicted molar refractivity (Wildman–Crippen MR) is 186 cm³/mol. The average molecular weight is 597 g/mol. The molecule has 0 spiro atoms. The molecule has 1 aliphatic rings. The van der Waals surface area contributed by atoms with E-state index in [-0.39, 0.29) is 23.0 Å².